The SMILES string of the molecule is C#CCNCC(C)c1cccc(OC(=O)N(C)CCC)c1.Cl. The molecule has 0 saturated carbocycles. The van der Waals surface area contributed by atoms with E-state index in [1.165, 1.54) is 0 Å². The maximum atomic E-state index is 11.9. The average Bonchev–Trinajstić information content (AvgIpc) is 2.48. The molecule has 0 radical (unpaired) electrons. The third-order valence-electron chi connectivity index (χ3n) is 3.18. The Balaban J connectivity index is 0.00000441. The number of amides is 1. The van der Waals surface area contributed by atoms with Crippen molar-refractivity contribution in [3.63, 3.8) is 0 Å². The predicted molar refractivity (Wildman–Crippen MR) is 92.8 cm³/mol. The molecule has 1 rings (SSSR count). The van der Waals surface area contributed by atoms with Gasteiger partial charge in [0.25, 0.3) is 0 Å². The summed E-state index contributed by atoms with van der Waals surface area (Å²) in [6.07, 6.45) is 5.79. The van der Waals surface area contributed by atoms with Crippen molar-refractivity contribution < 1.29 is 9.53 Å². The number of terminal acetylenes is 1. The Labute approximate surface area is 139 Å². The van der Waals surface area contributed by atoms with Gasteiger partial charge in [-0.15, -0.1) is 18.8 Å². The molecule has 122 valence electrons. The molecule has 0 aromatic heterocycles. The van der Waals surface area contributed by atoms with Crippen LogP contribution in [0.4, 0.5) is 4.79 Å². The number of carbonyl (C=O) groups is 1. The van der Waals surface area contributed by atoms with Crippen LogP contribution in [0.15, 0.2) is 24.3 Å². The quantitative estimate of drug-likeness (QED) is 0.618. The molecule has 1 amide bonds. The van der Waals surface area contributed by atoms with Crippen LogP contribution in [0.5, 0.6) is 5.75 Å². The molecular weight excluding hydrogens is 300 g/mol. The van der Waals surface area contributed by atoms with E-state index in [9.17, 15) is 4.79 Å². The summed E-state index contributed by atoms with van der Waals surface area (Å²) >= 11 is 0. The van der Waals surface area contributed by atoms with Crippen molar-refractivity contribution in [3.05, 3.63) is 29.8 Å². The van der Waals surface area contributed by atoms with Crippen LogP contribution < -0.4 is 10.1 Å². The topological polar surface area (TPSA) is 41.6 Å². The maximum absolute atomic E-state index is 11.9. The fourth-order valence-corrected chi connectivity index (χ4v) is 1.97. The number of benzene rings is 1. The zero-order chi connectivity index (χ0) is 15.7. The highest BCUT2D eigenvalue weighted by Crippen LogP contribution is 2.20. The van der Waals surface area contributed by atoms with Crippen LogP contribution in [0.1, 0.15) is 31.7 Å². The van der Waals surface area contributed by atoms with Gasteiger partial charge in [0.2, 0.25) is 0 Å². The molecule has 0 aliphatic carbocycles. The molecule has 0 fully saturated rings. The summed E-state index contributed by atoms with van der Waals surface area (Å²) in [4.78, 5) is 13.4. The molecule has 1 N–H and O–H groups in total. The molecule has 1 unspecified atom stereocenters. The van der Waals surface area contributed by atoms with Gasteiger partial charge >= 0.3 is 6.09 Å². The zero-order valence-corrected chi connectivity index (χ0v) is 14.3. The maximum Gasteiger partial charge on any atom is 0.414 e. The minimum absolute atomic E-state index is 0. The summed E-state index contributed by atoms with van der Waals surface area (Å²) < 4.78 is 5.38. The van der Waals surface area contributed by atoms with Gasteiger partial charge in [-0.2, -0.15) is 0 Å². The number of carbonyl (C=O) groups excluding carboxylic acids is 1. The van der Waals surface area contributed by atoms with Crippen molar-refractivity contribution in [2.75, 3.05) is 26.7 Å². The second-order valence-corrected chi connectivity index (χ2v) is 5.10. The lowest BCUT2D eigenvalue weighted by Crippen LogP contribution is -2.30. The fraction of sp³-hybridized carbons (Fsp3) is 0.471. The molecule has 0 bridgehead atoms. The largest absolute Gasteiger partial charge is 0.414 e. The molecule has 0 spiro atoms. The third-order valence-corrected chi connectivity index (χ3v) is 3.18. The van der Waals surface area contributed by atoms with E-state index in [-0.39, 0.29) is 18.5 Å². The first kappa shape index (κ1) is 20.3. The number of nitrogens with one attached hydrogen (secondary N) is 1. The predicted octanol–water partition coefficient (Wildman–Crippen LogP) is 3.28. The zero-order valence-electron chi connectivity index (χ0n) is 13.5. The lowest BCUT2D eigenvalue weighted by molar-refractivity contribution is 0.163. The van der Waals surface area contributed by atoms with E-state index in [0.717, 1.165) is 18.5 Å². The van der Waals surface area contributed by atoms with Crippen molar-refractivity contribution in [1.29, 1.82) is 0 Å². The number of ether oxygens (including phenoxy) is 1. The van der Waals surface area contributed by atoms with Gasteiger partial charge in [-0.05, 0) is 30.0 Å². The monoisotopic (exact) mass is 324 g/mol. The molecule has 1 aromatic carbocycles. The Bertz CT molecular complexity index is 500. The van der Waals surface area contributed by atoms with E-state index in [4.69, 9.17) is 11.2 Å². The average molecular weight is 325 g/mol. The summed E-state index contributed by atoms with van der Waals surface area (Å²) in [5.74, 6) is 3.42. The summed E-state index contributed by atoms with van der Waals surface area (Å²) in [6.45, 7) is 6.16. The molecule has 0 saturated heterocycles. The van der Waals surface area contributed by atoms with Crippen LogP contribution in [0.2, 0.25) is 0 Å². The number of rotatable bonds is 7. The van der Waals surface area contributed by atoms with Gasteiger partial charge in [0.15, 0.2) is 0 Å². The Morgan fingerprint density at radius 3 is 2.86 bits per heavy atom. The second kappa shape index (κ2) is 10.9. The van der Waals surface area contributed by atoms with E-state index < -0.39 is 0 Å². The molecule has 1 atom stereocenters. The smallest absolute Gasteiger partial charge is 0.410 e. The molecule has 5 heteroatoms. The number of hydrogen-bond acceptors (Lipinski definition) is 3. The third kappa shape index (κ3) is 6.84. The van der Waals surface area contributed by atoms with Gasteiger partial charge < -0.3 is 15.0 Å². The van der Waals surface area contributed by atoms with E-state index in [2.05, 4.69) is 18.2 Å². The second-order valence-electron chi connectivity index (χ2n) is 5.10. The molecule has 0 aliphatic heterocycles. The summed E-state index contributed by atoms with van der Waals surface area (Å²) in [7, 11) is 1.74. The van der Waals surface area contributed by atoms with Gasteiger partial charge in [0, 0.05) is 20.1 Å². The lowest BCUT2D eigenvalue weighted by atomic mass is 10.0. The minimum atomic E-state index is -0.327. The van der Waals surface area contributed by atoms with Crippen LogP contribution in [-0.4, -0.2) is 37.7 Å². The normalized spacial score (nSPS) is 11.0. The fourth-order valence-electron chi connectivity index (χ4n) is 1.97. The van der Waals surface area contributed by atoms with Gasteiger partial charge in [-0.3, -0.25) is 0 Å². The van der Waals surface area contributed by atoms with Gasteiger partial charge in [-0.25, -0.2) is 4.79 Å². The standard InChI is InChI=1S/C17H24N2O2.ClH/c1-5-10-18-13-14(3)15-8-7-9-16(12-15)21-17(20)19(4)11-6-2;/h1,7-9,12,14,18H,6,10-11,13H2,2-4H3;1H. The molecule has 0 heterocycles. The number of nitrogens with zero attached hydrogens (tertiary/aromatic N) is 1. The Kier molecular flexibility index (Phi) is 10.1. The van der Waals surface area contributed by atoms with Crippen LogP contribution in [-0.2, 0) is 0 Å². The lowest BCUT2D eigenvalue weighted by Gasteiger charge is -2.17. The van der Waals surface area contributed by atoms with Crippen LogP contribution in [0.3, 0.4) is 0 Å². The number of halogens is 1. The number of hydrogen-bond donors (Lipinski definition) is 1. The molecule has 0 aliphatic rings. The van der Waals surface area contributed by atoms with Crippen molar-refractivity contribution in [1.82, 2.24) is 10.2 Å². The molecular formula is C17H25ClN2O2. The first-order valence-corrected chi connectivity index (χ1v) is 7.25. The molecule has 4 nitrogen and oxygen atoms in total. The minimum Gasteiger partial charge on any atom is -0.410 e. The van der Waals surface area contributed by atoms with E-state index in [1.807, 2.05) is 25.1 Å². The highest BCUT2D eigenvalue weighted by molar-refractivity contribution is 5.85. The van der Waals surface area contributed by atoms with E-state index in [0.29, 0.717) is 24.8 Å². The summed E-state index contributed by atoms with van der Waals surface area (Å²) in [5, 5.41) is 3.18. The van der Waals surface area contributed by atoms with Crippen molar-refractivity contribution >= 4 is 18.5 Å². The first-order valence-electron chi connectivity index (χ1n) is 7.25. The van der Waals surface area contributed by atoms with Crippen molar-refractivity contribution in [3.8, 4) is 18.1 Å². The van der Waals surface area contributed by atoms with Crippen molar-refractivity contribution in [2.24, 2.45) is 0 Å². The molecule has 1 aromatic rings. The van der Waals surface area contributed by atoms with Crippen LogP contribution in [0.25, 0.3) is 0 Å². The molecule has 22 heavy (non-hydrogen) atoms. The highest BCUT2D eigenvalue weighted by Gasteiger charge is 2.11. The highest BCUT2D eigenvalue weighted by atomic mass is 35.5. The van der Waals surface area contributed by atoms with Gasteiger partial charge in [0.1, 0.15) is 5.75 Å². The van der Waals surface area contributed by atoms with Crippen molar-refractivity contribution in [2.45, 2.75) is 26.2 Å². The summed E-state index contributed by atoms with van der Waals surface area (Å²) in [6, 6.07) is 7.62. The Morgan fingerprint density at radius 1 is 1.50 bits per heavy atom. The Morgan fingerprint density at radius 2 is 2.23 bits per heavy atom. The van der Waals surface area contributed by atoms with E-state index in [1.54, 1.807) is 18.0 Å². The Hall–Kier alpha value is -1.70. The van der Waals surface area contributed by atoms with Crippen LogP contribution >= 0.6 is 12.4 Å². The van der Waals surface area contributed by atoms with Crippen LogP contribution in [0, 0.1) is 12.3 Å². The summed E-state index contributed by atoms with van der Waals surface area (Å²) in [5.41, 5.74) is 1.11. The first-order chi connectivity index (χ1) is 10.1. The van der Waals surface area contributed by atoms with Gasteiger partial charge in [-0.1, -0.05) is 31.9 Å². The van der Waals surface area contributed by atoms with Gasteiger partial charge in [0.05, 0.1) is 6.54 Å². The van der Waals surface area contributed by atoms with E-state index >= 15 is 0 Å².